The molecule has 0 spiro atoms. The molecule has 2 aromatic rings. The summed E-state index contributed by atoms with van der Waals surface area (Å²) in [7, 11) is 0. The Morgan fingerprint density at radius 1 is 1.19 bits per heavy atom. The third-order valence-corrected chi connectivity index (χ3v) is 5.72. The molecule has 1 N–H and O–H groups in total. The fraction of sp³-hybridized carbons (Fsp3) is 0.600. The number of fused-ring (bicyclic) bond motifs is 1. The summed E-state index contributed by atoms with van der Waals surface area (Å²) in [5, 5.41) is 9.54. The molecule has 3 heterocycles. The number of benzene rings is 1. The molecule has 1 aromatic heterocycles. The van der Waals surface area contributed by atoms with E-state index in [0.717, 1.165) is 51.1 Å². The van der Waals surface area contributed by atoms with Gasteiger partial charge in [0.1, 0.15) is 11.3 Å². The molecule has 4 rings (SSSR count). The first-order valence-electron chi connectivity index (χ1n) is 9.91. The molecule has 0 aliphatic carbocycles. The summed E-state index contributed by atoms with van der Waals surface area (Å²) >= 11 is 0. The summed E-state index contributed by atoms with van der Waals surface area (Å²) < 4.78 is 5.75. The molecule has 7 nitrogen and oxygen atoms in total. The summed E-state index contributed by atoms with van der Waals surface area (Å²) in [5.74, 6) is 1.13. The van der Waals surface area contributed by atoms with Gasteiger partial charge in [0, 0.05) is 44.8 Å². The lowest BCUT2D eigenvalue weighted by Gasteiger charge is -2.37. The summed E-state index contributed by atoms with van der Waals surface area (Å²) in [6.07, 6.45) is 3.49. The Labute approximate surface area is 159 Å². The van der Waals surface area contributed by atoms with E-state index < -0.39 is 0 Å². The number of piperazine rings is 1. The number of piperidine rings is 1. The Bertz CT molecular complexity index is 798. The second kappa shape index (κ2) is 7.86. The quantitative estimate of drug-likeness (QED) is 0.886. The number of aromatic nitrogens is 1. The molecule has 7 heteroatoms. The number of nitrogens with zero attached hydrogens (tertiary/aromatic N) is 4. The van der Waals surface area contributed by atoms with E-state index in [4.69, 9.17) is 4.42 Å². The number of hydrogen-bond donors (Lipinski definition) is 1. The third-order valence-electron chi connectivity index (χ3n) is 5.72. The molecular weight excluding hydrogens is 344 g/mol. The van der Waals surface area contributed by atoms with E-state index in [1.807, 2.05) is 0 Å². The van der Waals surface area contributed by atoms with Crippen LogP contribution in [0.25, 0.3) is 11.1 Å². The van der Waals surface area contributed by atoms with Gasteiger partial charge in [-0.2, -0.15) is 0 Å². The highest BCUT2D eigenvalue weighted by Gasteiger charge is 2.26. The predicted molar refractivity (Wildman–Crippen MR) is 102 cm³/mol. The second-order valence-corrected chi connectivity index (χ2v) is 7.74. The molecule has 1 amide bonds. The molecule has 1 unspecified atom stereocenters. The van der Waals surface area contributed by atoms with Crippen LogP contribution in [0.4, 0.5) is 0 Å². The van der Waals surface area contributed by atoms with Gasteiger partial charge in [-0.25, -0.2) is 4.98 Å². The van der Waals surface area contributed by atoms with E-state index in [2.05, 4.69) is 26.6 Å². The van der Waals surface area contributed by atoms with Gasteiger partial charge in [0.05, 0.1) is 13.1 Å². The maximum Gasteiger partial charge on any atom is 0.236 e. The van der Waals surface area contributed by atoms with Crippen molar-refractivity contribution in [1.82, 2.24) is 19.7 Å². The minimum Gasteiger partial charge on any atom is -0.508 e. The summed E-state index contributed by atoms with van der Waals surface area (Å²) in [6, 6.07) is 5.36. The van der Waals surface area contributed by atoms with E-state index in [9.17, 15) is 9.90 Å². The number of likely N-dealkylation sites (tertiary alicyclic amines) is 1. The highest BCUT2D eigenvalue weighted by Crippen LogP contribution is 2.22. The number of oxazole rings is 1. The number of carbonyl (C=O) groups excluding carboxylic acids is 1. The van der Waals surface area contributed by atoms with Crippen LogP contribution in [-0.4, -0.2) is 76.0 Å². The summed E-state index contributed by atoms with van der Waals surface area (Å²) in [4.78, 5) is 23.7. The lowest BCUT2D eigenvalue weighted by molar-refractivity contribution is -0.136. The maximum absolute atomic E-state index is 12.6. The van der Waals surface area contributed by atoms with Crippen LogP contribution in [0.3, 0.4) is 0 Å². The van der Waals surface area contributed by atoms with Crippen molar-refractivity contribution in [2.24, 2.45) is 0 Å². The lowest BCUT2D eigenvalue weighted by atomic mass is 10.0. The van der Waals surface area contributed by atoms with Crippen LogP contribution in [0.15, 0.2) is 22.6 Å². The van der Waals surface area contributed by atoms with Gasteiger partial charge in [0.2, 0.25) is 11.8 Å². The molecule has 1 aromatic carbocycles. The van der Waals surface area contributed by atoms with Crippen molar-refractivity contribution in [3.05, 3.63) is 24.1 Å². The zero-order chi connectivity index (χ0) is 18.8. The average molecular weight is 372 g/mol. The SMILES string of the molecule is CC1CCCCN1C(=O)CN1CCN(Cc2nc3ccc(O)cc3o2)CC1. The van der Waals surface area contributed by atoms with E-state index in [-0.39, 0.29) is 11.7 Å². The molecule has 2 aliphatic heterocycles. The van der Waals surface area contributed by atoms with Gasteiger partial charge in [-0.05, 0) is 38.3 Å². The molecule has 0 saturated carbocycles. The largest absolute Gasteiger partial charge is 0.508 e. The van der Waals surface area contributed by atoms with Crippen LogP contribution in [0.1, 0.15) is 32.1 Å². The van der Waals surface area contributed by atoms with Gasteiger partial charge in [0.15, 0.2) is 5.58 Å². The Kier molecular flexibility index (Phi) is 5.31. The second-order valence-electron chi connectivity index (χ2n) is 7.74. The number of phenolic OH excluding ortho intramolecular Hbond substituents is 1. The number of rotatable bonds is 4. The van der Waals surface area contributed by atoms with Gasteiger partial charge in [-0.1, -0.05) is 0 Å². The first-order valence-corrected chi connectivity index (χ1v) is 9.91. The number of carbonyl (C=O) groups is 1. The van der Waals surface area contributed by atoms with Gasteiger partial charge in [-0.3, -0.25) is 14.6 Å². The highest BCUT2D eigenvalue weighted by atomic mass is 16.3. The molecule has 2 saturated heterocycles. The van der Waals surface area contributed by atoms with Crippen molar-refractivity contribution in [3.63, 3.8) is 0 Å². The Balaban J connectivity index is 1.27. The lowest BCUT2D eigenvalue weighted by Crippen LogP contribution is -2.51. The third kappa shape index (κ3) is 4.25. The minimum atomic E-state index is 0.187. The minimum absolute atomic E-state index is 0.187. The molecule has 146 valence electrons. The number of aromatic hydroxyl groups is 1. The van der Waals surface area contributed by atoms with Crippen LogP contribution in [0.2, 0.25) is 0 Å². The molecular formula is C20H28N4O3. The molecule has 0 radical (unpaired) electrons. The highest BCUT2D eigenvalue weighted by molar-refractivity contribution is 5.78. The fourth-order valence-electron chi connectivity index (χ4n) is 4.08. The Morgan fingerprint density at radius 2 is 1.96 bits per heavy atom. The molecule has 2 aliphatic rings. The van der Waals surface area contributed by atoms with Crippen LogP contribution < -0.4 is 0 Å². The zero-order valence-electron chi connectivity index (χ0n) is 15.9. The van der Waals surface area contributed by atoms with E-state index in [1.165, 1.54) is 6.42 Å². The van der Waals surface area contributed by atoms with Gasteiger partial charge in [-0.15, -0.1) is 0 Å². The zero-order valence-corrected chi connectivity index (χ0v) is 15.9. The van der Waals surface area contributed by atoms with Gasteiger partial charge in [0.25, 0.3) is 0 Å². The number of hydrogen-bond acceptors (Lipinski definition) is 6. The monoisotopic (exact) mass is 372 g/mol. The van der Waals surface area contributed by atoms with Crippen LogP contribution in [0, 0.1) is 0 Å². The summed E-state index contributed by atoms with van der Waals surface area (Å²) in [6.45, 7) is 7.81. The van der Waals surface area contributed by atoms with Crippen molar-refractivity contribution < 1.29 is 14.3 Å². The van der Waals surface area contributed by atoms with Crippen molar-refractivity contribution in [1.29, 1.82) is 0 Å². The van der Waals surface area contributed by atoms with Crippen molar-refractivity contribution in [2.45, 2.75) is 38.8 Å². The van der Waals surface area contributed by atoms with E-state index in [0.29, 0.717) is 30.6 Å². The average Bonchev–Trinajstić information content (AvgIpc) is 3.05. The standard InChI is InChI=1S/C20H28N4O3/c1-15-4-2-3-7-24(15)20(26)14-23-10-8-22(9-11-23)13-19-21-17-6-5-16(25)12-18(17)27-19/h5-6,12,15,25H,2-4,7-11,13-14H2,1H3. The fourth-order valence-corrected chi connectivity index (χ4v) is 4.08. The molecule has 27 heavy (non-hydrogen) atoms. The summed E-state index contributed by atoms with van der Waals surface area (Å²) in [5.41, 5.74) is 1.38. The first-order chi connectivity index (χ1) is 13.1. The van der Waals surface area contributed by atoms with Crippen LogP contribution in [-0.2, 0) is 11.3 Å². The normalized spacial score (nSPS) is 22.4. The van der Waals surface area contributed by atoms with Crippen molar-refractivity contribution >= 4 is 17.0 Å². The number of phenols is 1. The van der Waals surface area contributed by atoms with E-state index >= 15 is 0 Å². The topological polar surface area (TPSA) is 73.1 Å². The van der Waals surface area contributed by atoms with Gasteiger partial charge >= 0.3 is 0 Å². The van der Waals surface area contributed by atoms with E-state index in [1.54, 1.807) is 18.2 Å². The smallest absolute Gasteiger partial charge is 0.236 e. The maximum atomic E-state index is 12.6. The molecule has 0 bridgehead atoms. The predicted octanol–water partition coefficient (Wildman–Crippen LogP) is 2.05. The van der Waals surface area contributed by atoms with Crippen molar-refractivity contribution in [3.8, 4) is 5.75 Å². The van der Waals surface area contributed by atoms with Crippen molar-refractivity contribution in [2.75, 3.05) is 39.3 Å². The van der Waals surface area contributed by atoms with Gasteiger partial charge < -0.3 is 14.4 Å². The Hall–Kier alpha value is -2.12. The first kappa shape index (κ1) is 18.3. The number of amides is 1. The molecule has 2 fully saturated rings. The van der Waals surface area contributed by atoms with Crippen LogP contribution >= 0.6 is 0 Å². The Morgan fingerprint density at radius 3 is 2.74 bits per heavy atom. The van der Waals surface area contributed by atoms with Crippen LogP contribution in [0.5, 0.6) is 5.75 Å². The molecule has 1 atom stereocenters.